The number of carbonyl (C=O) groups excluding carboxylic acids is 2. The number of amides is 2. The summed E-state index contributed by atoms with van der Waals surface area (Å²) < 4.78 is 54.0. The largest absolute Gasteiger partial charge is 0.368 e. The Balaban J connectivity index is 1.20. The maximum Gasteiger partial charge on any atom is 0.246 e. The Morgan fingerprint density at radius 3 is 1.71 bits per heavy atom. The summed E-state index contributed by atoms with van der Waals surface area (Å²) in [7, 11) is 0. The Morgan fingerprint density at radius 2 is 1.26 bits per heavy atom. The summed E-state index contributed by atoms with van der Waals surface area (Å²) in [6, 6.07) is 0. The first kappa shape index (κ1) is 27.3. The molecule has 5 aliphatic carbocycles. The van der Waals surface area contributed by atoms with Gasteiger partial charge in [0, 0.05) is 24.8 Å². The van der Waals surface area contributed by atoms with E-state index in [1.807, 2.05) is 0 Å². The Labute approximate surface area is 214 Å². The molecule has 0 aromatic carbocycles. The fourth-order valence-electron chi connectivity index (χ4n) is 6.03. The van der Waals surface area contributed by atoms with Gasteiger partial charge in [0.25, 0.3) is 0 Å². The van der Waals surface area contributed by atoms with Gasteiger partial charge in [-0.2, -0.15) is 0 Å². The number of alkyl halides is 5. The molecule has 35 heavy (non-hydrogen) atoms. The van der Waals surface area contributed by atoms with Crippen LogP contribution in [0.5, 0.6) is 0 Å². The minimum Gasteiger partial charge on any atom is -0.368 e. The predicted octanol–water partition coefficient (Wildman–Crippen LogP) is 4.04. The van der Waals surface area contributed by atoms with Crippen LogP contribution in [-0.2, 0) is 19.1 Å². The van der Waals surface area contributed by atoms with E-state index >= 15 is 4.39 Å². The van der Waals surface area contributed by atoms with E-state index in [1.54, 1.807) is 0 Å². The lowest BCUT2D eigenvalue weighted by molar-refractivity contribution is -0.139. The van der Waals surface area contributed by atoms with Crippen LogP contribution in [-0.4, -0.2) is 77.6 Å². The van der Waals surface area contributed by atoms with Crippen molar-refractivity contribution in [2.75, 3.05) is 13.2 Å². The van der Waals surface area contributed by atoms with Crippen LogP contribution < -0.4 is 10.6 Å². The summed E-state index contributed by atoms with van der Waals surface area (Å²) in [5, 5.41) is 4.76. The van der Waals surface area contributed by atoms with Crippen molar-refractivity contribution < 1.29 is 32.2 Å². The number of carbonyl (C=O) groups is 2. The molecule has 0 heterocycles. The molecule has 0 aromatic rings. The lowest BCUT2D eigenvalue weighted by atomic mass is 9.60. The van der Waals surface area contributed by atoms with Crippen LogP contribution >= 0.6 is 23.2 Å². The van der Waals surface area contributed by atoms with Gasteiger partial charge in [0.05, 0.1) is 28.5 Å². The molecule has 11 heteroatoms. The fraction of sp³-hybridized carbons (Fsp3) is 0.917. The van der Waals surface area contributed by atoms with Crippen LogP contribution in [0.3, 0.4) is 0 Å². The van der Waals surface area contributed by atoms with Crippen LogP contribution in [0.15, 0.2) is 0 Å². The summed E-state index contributed by atoms with van der Waals surface area (Å²) in [6.07, 6.45) is 0.172. The zero-order chi connectivity index (χ0) is 25.2. The van der Waals surface area contributed by atoms with Gasteiger partial charge in [-0.3, -0.25) is 9.59 Å². The minimum absolute atomic E-state index is 0.104. The van der Waals surface area contributed by atoms with Gasteiger partial charge in [0.15, 0.2) is 0 Å². The summed E-state index contributed by atoms with van der Waals surface area (Å²) >= 11 is 11.8. The SMILES string of the molecule is O=C(COC1CCC(Cl)C(F)C1)NC12CCC(NC(=O)COC3CCC(Cl)C(F)C3)(CC1)C(F)C2. The molecule has 200 valence electrons. The third-order valence-corrected chi connectivity index (χ3v) is 9.24. The monoisotopic (exact) mass is 542 g/mol. The third-order valence-electron chi connectivity index (χ3n) is 8.25. The smallest absolute Gasteiger partial charge is 0.246 e. The van der Waals surface area contributed by atoms with Gasteiger partial charge < -0.3 is 20.1 Å². The van der Waals surface area contributed by atoms with Crippen LogP contribution in [0, 0.1) is 0 Å². The lowest BCUT2D eigenvalue weighted by Gasteiger charge is -2.55. The van der Waals surface area contributed by atoms with E-state index in [0.29, 0.717) is 51.4 Å². The number of rotatable bonds is 8. The quantitative estimate of drug-likeness (QED) is 0.454. The number of ether oxygens (including phenoxy) is 2. The Hall–Kier alpha value is -0.770. The molecule has 5 rings (SSSR count). The van der Waals surface area contributed by atoms with Gasteiger partial charge in [-0.1, -0.05) is 0 Å². The van der Waals surface area contributed by atoms with Gasteiger partial charge >= 0.3 is 0 Å². The van der Waals surface area contributed by atoms with Crippen molar-refractivity contribution in [2.24, 2.45) is 0 Å². The molecule has 0 saturated heterocycles. The van der Waals surface area contributed by atoms with E-state index in [4.69, 9.17) is 32.7 Å². The molecule has 7 atom stereocenters. The first-order valence-corrected chi connectivity index (χ1v) is 13.5. The van der Waals surface area contributed by atoms with Gasteiger partial charge in [0.1, 0.15) is 31.7 Å². The van der Waals surface area contributed by atoms with Crippen molar-refractivity contribution in [3.05, 3.63) is 0 Å². The zero-order valence-corrected chi connectivity index (χ0v) is 21.3. The summed E-state index contributed by atoms with van der Waals surface area (Å²) in [5.74, 6) is -0.758. The van der Waals surface area contributed by atoms with Crippen LogP contribution in [0.4, 0.5) is 13.2 Å². The highest BCUT2D eigenvalue weighted by Crippen LogP contribution is 2.48. The van der Waals surface area contributed by atoms with Crippen molar-refractivity contribution >= 4 is 35.0 Å². The minimum atomic E-state index is -1.32. The molecule has 7 unspecified atom stereocenters. The average molecular weight is 543 g/mol. The Morgan fingerprint density at radius 1 is 0.771 bits per heavy atom. The van der Waals surface area contributed by atoms with E-state index in [0.717, 1.165) is 0 Å². The van der Waals surface area contributed by atoms with Crippen molar-refractivity contribution in [1.82, 2.24) is 10.6 Å². The number of halogens is 5. The van der Waals surface area contributed by atoms with E-state index in [1.165, 1.54) is 0 Å². The lowest BCUT2D eigenvalue weighted by Crippen LogP contribution is -2.69. The topological polar surface area (TPSA) is 76.7 Å². The summed E-state index contributed by atoms with van der Waals surface area (Å²) in [6.45, 7) is -0.447. The third kappa shape index (κ3) is 6.57. The number of hydrogen-bond donors (Lipinski definition) is 2. The average Bonchev–Trinajstić information content (AvgIpc) is 2.82. The van der Waals surface area contributed by atoms with E-state index in [9.17, 15) is 18.4 Å². The highest BCUT2D eigenvalue weighted by Gasteiger charge is 2.56. The zero-order valence-electron chi connectivity index (χ0n) is 19.8. The molecule has 2 N–H and O–H groups in total. The van der Waals surface area contributed by atoms with Crippen molar-refractivity contribution in [3.8, 4) is 0 Å². The normalized spacial score (nSPS) is 43.5. The van der Waals surface area contributed by atoms with Crippen molar-refractivity contribution in [2.45, 2.75) is 123 Å². The van der Waals surface area contributed by atoms with Crippen molar-refractivity contribution in [1.29, 1.82) is 0 Å². The number of fused-ring (bicyclic) bond motifs is 3. The van der Waals surface area contributed by atoms with E-state index in [2.05, 4.69) is 10.6 Å². The van der Waals surface area contributed by atoms with E-state index < -0.39 is 46.3 Å². The second-order valence-corrected chi connectivity index (χ2v) is 11.9. The molecule has 0 aromatic heterocycles. The van der Waals surface area contributed by atoms with Gasteiger partial charge in [-0.25, -0.2) is 13.2 Å². The predicted molar refractivity (Wildman–Crippen MR) is 126 cm³/mol. The molecule has 0 aliphatic heterocycles. The molecule has 6 nitrogen and oxygen atoms in total. The van der Waals surface area contributed by atoms with Crippen LogP contribution in [0.25, 0.3) is 0 Å². The summed E-state index contributed by atoms with van der Waals surface area (Å²) in [4.78, 5) is 25.0. The second-order valence-electron chi connectivity index (χ2n) is 10.8. The molecule has 0 radical (unpaired) electrons. The fourth-order valence-corrected chi connectivity index (χ4v) is 6.49. The van der Waals surface area contributed by atoms with Crippen molar-refractivity contribution in [3.63, 3.8) is 0 Å². The van der Waals surface area contributed by atoms with Crippen LogP contribution in [0.1, 0.15) is 70.6 Å². The van der Waals surface area contributed by atoms with Crippen LogP contribution in [0.2, 0.25) is 0 Å². The molecular formula is C24H35Cl2F3N2O4. The Bertz CT molecular complexity index is 771. The second kappa shape index (κ2) is 11.3. The molecular weight excluding hydrogens is 508 g/mol. The Kier molecular flexibility index (Phi) is 8.82. The maximum atomic E-state index is 15.3. The number of hydrogen-bond acceptors (Lipinski definition) is 4. The van der Waals surface area contributed by atoms with Gasteiger partial charge in [0.2, 0.25) is 11.8 Å². The number of nitrogens with one attached hydrogen (secondary N) is 2. The maximum absolute atomic E-state index is 15.3. The molecule has 5 aliphatic rings. The molecule has 5 saturated carbocycles. The van der Waals surface area contributed by atoms with E-state index in [-0.39, 0.29) is 50.6 Å². The molecule has 0 spiro atoms. The first-order chi connectivity index (χ1) is 16.6. The highest BCUT2D eigenvalue weighted by molar-refractivity contribution is 6.21. The van der Waals surface area contributed by atoms with Gasteiger partial charge in [-0.05, 0) is 51.4 Å². The first-order valence-electron chi connectivity index (χ1n) is 12.7. The molecule has 5 fully saturated rings. The highest BCUT2D eigenvalue weighted by atomic mass is 35.5. The summed E-state index contributed by atoms with van der Waals surface area (Å²) in [5.41, 5.74) is -1.65. The molecule has 2 amide bonds. The van der Waals surface area contributed by atoms with Gasteiger partial charge in [-0.15, -0.1) is 23.2 Å². The standard InChI is InChI=1S/C24H35Cl2F3N2O4/c25-16-3-1-14(9-18(16)27)34-12-21(32)30-23-5-7-24(8-6-23,20(29)11-23)31-22(33)13-35-15-2-4-17(26)19(28)10-15/h14-20H,1-13H2,(H,30,32)(H,31,33). The molecule has 2 bridgehead atoms.